The molecule has 1 heterocycles. The van der Waals surface area contributed by atoms with Crippen molar-refractivity contribution in [3.05, 3.63) is 90.0 Å². The van der Waals surface area contributed by atoms with Crippen LogP contribution in [-0.4, -0.2) is 41.8 Å². The first-order chi connectivity index (χ1) is 18.6. The van der Waals surface area contributed by atoms with E-state index in [4.69, 9.17) is 14.2 Å². The average molecular weight is 534 g/mol. The molecule has 38 heavy (non-hydrogen) atoms. The van der Waals surface area contributed by atoms with E-state index < -0.39 is 0 Å². The highest BCUT2D eigenvalue weighted by Gasteiger charge is 2.40. The molecule has 0 aromatic heterocycles. The molecule has 0 saturated carbocycles. The maximum atomic E-state index is 13.4. The van der Waals surface area contributed by atoms with Gasteiger partial charge in [-0.25, -0.2) is 4.79 Å². The van der Waals surface area contributed by atoms with Crippen molar-refractivity contribution in [2.24, 2.45) is 0 Å². The highest BCUT2D eigenvalue weighted by molar-refractivity contribution is 8.01. The van der Waals surface area contributed by atoms with Crippen molar-refractivity contribution in [2.45, 2.75) is 50.2 Å². The number of amides is 1. The molecule has 4 rings (SSSR count). The minimum absolute atomic E-state index is 0.0324. The second-order valence-corrected chi connectivity index (χ2v) is 10.4. The molecule has 7 heteroatoms. The number of hydrogen-bond donors (Lipinski definition) is 0. The van der Waals surface area contributed by atoms with Crippen LogP contribution in [0.15, 0.2) is 78.9 Å². The predicted octanol–water partition coefficient (Wildman–Crippen LogP) is 7.26. The summed E-state index contributed by atoms with van der Waals surface area (Å²) in [7, 11) is 0. The van der Waals surface area contributed by atoms with Gasteiger partial charge in [-0.15, -0.1) is 11.8 Å². The standard InChI is InChI=1S/C31H35NO5S/c1-3-5-15-28-29(33)32(20-10-21-36-25-18-16-23(17-19-25)31(34)35-4-2)30(38-28)24-11-9-14-27(22-24)37-26-12-7-6-8-13-26/h6-9,11-14,16-19,22,28,30H,3-5,10,15,20-21H2,1-2H3. The zero-order chi connectivity index (χ0) is 26.7. The molecular formula is C31H35NO5S. The van der Waals surface area contributed by atoms with Crippen molar-refractivity contribution < 1.29 is 23.8 Å². The van der Waals surface area contributed by atoms with E-state index in [1.54, 1.807) is 43.0 Å². The van der Waals surface area contributed by atoms with E-state index in [9.17, 15) is 9.59 Å². The molecule has 1 saturated heterocycles. The number of hydrogen-bond acceptors (Lipinski definition) is 6. The number of ether oxygens (including phenoxy) is 3. The van der Waals surface area contributed by atoms with Crippen molar-refractivity contribution in [1.82, 2.24) is 4.90 Å². The number of esters is 1. The summed E-state index contributed by atoms with van der Waals surface area (Å²) in [5.74, 6) is 2.08. The summed E-state index contributed by atoms with van der Waals surface area (Å²) in [5.41, 5.74) is 1.56. The molecule has 2 atom stereocenters. The Morgan fingerprint density at radius 3 is 2.39 bits per heavy atom. The van der Waals surface area contributed by atoms with Crippen LogP contribution in [-0.2, 0) is 9.53 Å². The van der Waals surface area contributed by atoms with E-state index in [1.807, 2.05) is 53.4 Å². The lowest BCUT2D eigenvalue weighted by Gasteiger charge is -2.24. The van der Waals surface area contributed by atoms with Crippen molar-refractivity contribution >= 4 is 23.6 Å². The van der Waals surface area contributed by atoms with Gasteiger partial charge in [0.15, 0.2) is 0 Å². The monoisotopic (exact) mass is 533 g/mol. The predicted molar refractivity (Wildman–Crippen MR) is 151 cm³/mol. The molecule has 3 aromatic carbocycles. The van der Waals surface area contributed by atoms with Crippen molar-refractivity contribution in [3.63, 3.8) is 0 Å². The van der Waals surface area contributed by atoms with Gasteiger partial charge in [0.2, 0.25) is 5.91 Å². The number of thioether (sulfide) groups is 1. The summed E-state index contributed by atoms with van der Waals surface area (Å²) in [6.07, 6.45) is 3.68. The zero-order valence-electron chi connectivity index (χ0n) is 22.0. The van der Waals surface area contributed by atoms with E-state index in [0.717, 1.165) is 36.3 Å². The van der Waals surface area contributed by atoms with Crippen molar-refractivity contribution in [3.8, 4) is 17.2 Å². The quantitative estimate of drug-likeness (QED) is 0.170. The van der Waals surface area contributed by atoms with Gasteiger partial charge in [0.25, 0.3) is 0 Å². The van der Waals surface area contributed by atoms with Gasteiger partial charge in [-0.3, -0.25) is 4.79 Å². The van der Waals surface area contributed by atoms with E-state index >= 15 is 0 Å². The fraction of sp³-hybridized carbons (Fsp3) is 0.355. The molecule has 2 unspecified atom stereocenters. The first kappa shape index (κ1) is 27.6. The largest absolute Gasteiger partial charge is 0.494 e. The van der Waals surface area contributed by atoms with Gasteiger partial charge in [-0.05, 0) is 73.9 Å². The van der Waals surface area contributed by atoms with Crippen LogP contribution in [0.4, 0.5) is 0 Å². The Kier molecular flexibility index (Phi) is 10.1. The molecule has 0 N–H and O–H groups in total. The lowest BCUT2D eigenvalue weighted by atomic mass is 10.1. The fourth-order valence-electron chi connectivity index (χ4n) is 4.34. The molecule has 1 aliphatic heterocycles. The van der Waals surface area contributed by atoms with Crippen LogP contribution in [0.5, 0.6) is 17.2 Å². The number of nitrogens with zero attached hydrogens (tertiary/aromatic N) is 1. The highest BCUT2D eigenvalue weighted by Crippen LogP contribution is 2.45. The summed E-state index contributed by atoms with van der Waals surface area (Å²) in [6, 6.07) is 24.7. The minimum Gasteiger partial charge on any atom is -0.494 e. The lowest BCUT2D eigenvalue weighted by Crippen LogP contribution is -2.32. The third-order valence-electron chi connectivity index (χ3n) is 6.25. The fourth-order valence-corrected chi connectivity index (χ4v) is 5.86. The topological polar surface area (TPSA) is 65.1 Å². The summed E-state index contributed by atoms with van der Waals surface area (Å²) in [6.45, 7) is 5.35. The molecule has 200 valence electrons. The van der Waals surface area contributed by atoms with Crippen LogP contribution in [0.2, 0.25) is 0 Å². The Morgan fingerprint density at radius 1 is 0.895 bits per heavy atom. The Labute approximate surface area is 229 Å². The van der Waals surface area contributed by atoms with Crippen molar-refractivity contribution in [1.29, 1.82) is 0 Å². The first-order valence-electron chi connectivity index (χ1n) is 13.3. The Balaban J connectivity index is 1.39. The minimum atomic E-state index is -0.342. The first-order valence-corrected chi connectivity index (χ1v) is 14.2. The molecule has 0 radical (unpaired) electrons. The Morgan fingerprint density at radius 2 is 1.66 bits per heavy atom. The van der Waals surface area contributed by atoms with Gasteiger partial charge in [0, 0.05) is 6.54 Å². The second-order valence-electron chi connectivity index (χ2n) is 9.09. The number of unbranched alkanes of at least 4 members (excludes halogenated alkanes) is 1. The number of rotatable bonds is 13. The number of para-hydroxylation sites is 1. The summed E-state index contributed by atoms with van der Waals surface area (Å²) in [4.78, 5) is 27.2. The summed E-state index contributed by atoms with van der Waals surface area (Å²) < 4.78 is 17.0. The van der Waals surface area contributed by atoms with Crippen LogP contribution in [0.3, 0.4) is 0 Å². The molecule has 6 nitrogen and oxygen atoms in total. The summed E-state index contributed by atoms with van der Waals surface area (Å²) in [5, 5.41) is -0.0949. The average Bonchev–Trinajstić information content (AvgIpc) is 3.26. The molecule has 1 amide bonds. The molecule has 0 bridgehead atoms. The van der Waals surface area contributed by atoms with Gasteiger partial charge in [-0.1, -0.05) is 50.1 Å². The number of benzene rings is 3. The van der Waals surface area contributed by atoms with E-state index in [-0.39, 0.29) is 22.5 Å². The second kappa shape index (κ2) is 13.9. The van der Waals surface area contributed by atoms with Crippen LogP contribution < -0.4 is 9.47 Å². The van der Waals surface area contributed by atoms with Crippen LogP contribution >= 0.6 is 11.8 Å². The van der Waals surface area contributed by atoms with Gasteiger partial charge < -0.3 is 19.1 Å². The maximum Gasteiger partial charge on any atom is 0.338 e. The number of carbonyl (C=O) groups is 2. The van der Waals surface area contributed by atoms with E-state index in [1.165, 1.54) is 0 Å². The third-order valence-corrected chi connectivity index (χ3v) is 7.80. The van der Waals surface area contributed by atoms with Gasteiger partial charge in [0.05, 0.1) is 24.0 Å². The van der Waals surface area contributed by atoms with Crippen LogP contribution in [0.25, 0.3) is 0 Å². The van der Waals surface area contributed by atoms with Gasteiger partial charge in [0.1, 0.15) is 22.6 Å². The molecular weight excluding hydrogens is 498 g/mol. The lowest BCUT2D eigenvalue weighted by molar-refractivity contribution is -0.130. The van der Waals surface area contributed by atoms with Crippen LogP contribution in [0.1, 0.15) is 60.8 Å². The molecule has 3 aromatic rings. The van der Waals surface area contributed by atoms with Crippen LogP contribution in [0, 0.1) is 0 Å². The molecule has 0 spiro atoms. The maximum absolute atomic E-state index is 13.4. The Bertz CT molecular complexity index is 1180. The zero-order valence-corrected chi connectivity index (χ0v) is 22.8. The Hall–Kier alpha value is -3.45. The van der Waals surface area contributed by atoms with E-state index in [2.05, 4.69) is 13.0 Å². The smallest absolute Gasteiger partial charge is 0.338 e. The molecule has 1 aliphatic rings. The van der Waals surface area contributed by atoms with E-state index in [0.29, 0.717) is 37.5 Å². The third kappa shape index (κ3) is 7.32. The van der Waals surface area contributed by atoms with Gasteiger partial charge in [-0.2, -0.15) is 0 Å². The molecule has 0 aliphatic carbocycles. The SMILES string of the molecule is CCCCC1SC(c2cccc(Oc3ccccc3)c2)N(CCCOc2ccc(C(=O)OCC)cc2)C1=O. The summed E-state index contributed by atoms with van der Waals surface area (Å²) >= 11 is 1.73. The number of carbonyl (C=O) groups excluding carboxylic acids is 2. The van der Waals surface area contributed by atoms with Crippen molar-refractivity contribution in [2.75, 3.05) is 19.8 Å². The highest BCUT2D eigenvalue weighted by atomic mass is 32.2. The van der Waals surface area contributed by atoms with Gasteiger partial charge >= 0.3 is 5.97 Å². The normalized spacial score (nSPS) is 16.9. The molecule has 1 fully saturated rings.